The normalized spacial score (nSPS) is 33.2. The van der Waals surface area contributed by atoms with Crippen molar-refractivity contribution < 1.29 is 23.4 Å². The summed E-state index contributed by atoms with van der Waals surface area (Å²) >= 11 is 0. The van der Waals surface area contributed by atoms with E-state index in [9.17, 15) is 18.6 Å². The number of unbranched alkanes of at least 4 members (excludes halogenated alkanes) is 4. The average molecular weight is 595 g/mol. The van der Waals surface area contributed by atoms with Gasteiger partial charge in [0.15, 0.2) is 0 Å². The van der Waals surface area contributed by atoms with Crippen LogP contribution in [0.5, 0.6) is 11.5 Å². The fourth-order valence-electron chi connectivity index (χ4n) is 9.98. The van der Waals surface area contributed by atoms with E-state index in [-0.39, 0.29) is 16.6 Å². The summed E-state index contributed by atoms with van der Waals surface area (Å²) in [4.78, 5) is 0. The molecular weight excluding hydrogens is 544 g/mol. The molecule has 0 aliphatic heterocycles. The Labute approximate surface area is 253 Å². The van der Waals surface area contributed by atoms with E-state index < -0.39 is 15.4 Å². The van der Waals surface area contributed by atoms with Gasteiger partial charge >= 0.3 is 0 Å². The number of aryl methyl sites for hydroxylation is 1. The number of aromatic hydroxyl groups is 1. The van der Waals surface area contributed by atoms with Crippen molar-refractivity contribution in [2.75, 3.05) is 18.1 Å². The van der Waals surface area contributed by atoms with Crippen molar-refractivity contribution in [3.05, 3.63) is 59.2 Å². The maximum absolute atomic E-state index is 12.2. The van der Waals surface area contributed by atoms with Crippen molar-refractivity contribution in [2.24, 2.45) is 16.7 Å². The fraction of sp³-hybridized carbons (Fsp3) is 0.667. The van der Waals surface area contributed by atoms with Crippen LogP contribution in [0.4, 0.5) is 0 Å². The maximum Gasteiger partial charge on any atom is 0.150 e. The molecule has 0 amide bonds. The highest BCUT2D eigenvalue weighted by Crippen LogP contribution is 2.79. The van der Waals surface area contributed by atoms with E-state index in [0.717, 1.165) is 82.8 Å². The summed E-state index contributed by atoms with van der Waals surface area (Å²) in [6.07, 6.45) is 12.5. The first-order valence-corrected chi connectivity index (χ1v) is 18.4. The van der Waals surface area contributed by atoms with Gasteiger partial charge in [-0.1, -0.05) is 44.9 Å². The minimum atomic E-state index is -2.92. The molecule has 0 heterocycles. The number of phenolic OH excluding ortho intramolecular Hbond substituents is 1. The van der Waals surface area contributed by atoms with Gasteiger partial charge in [-0.15, -0.1) is 0 Å². The Kier molecular flexibility index (Phi) is 8.19. The average Bonchev–Trinajstić information content (AvgIpc) is 3.34. The van der Waals surface area contributed by atoms with Crippen molar-refractivity contribution >= 4 is 9.84 Å². The van der Waals surface area contributed by atoms with E-state index in [1.54, 1.807) is 0 Å². The first-order chi connectivity index (χ1) is 20.1. The van der Waals surface area contributed by atoms with Crippen molar-refractivity contribution in [3.8, 4) is 11.5 Å². The standard InChI is InChI=1S/C36H50O5S/c1-3-4-7-22-42(39,40)23-8-5-6-21-41-29-13-9-26(10-14-29)31-25-34(2)35(17-19-36(34,38)20-18-35)32-16-11-27-24-28(37)12-15-30(27)33(31)32/h9-10,12-15,24,31-33,37-38H,3-8,11,16-23,25H2,1-2H3/t31-,32-,33+,34+,35-,36+/m1/s1. The third kappa shape index (κ3) is 5.08. The van der Waals surface area contributed by atoms with Gasteiger partial charge in [-0.05, 0) is 135 Å². The largest absolute Gasteiger partial charge is 0.508 e. The van der Waals surface area contributed by atoms with Gasteiger partial charge in [-0.25, -0.2) is 8.42 Å². The smallest absolute Gasteiger partial charge is 0.150 e. The number of benzene rings is 2. The van der Waals surface area contributed by atoms with Gasteiger partial charge in [-0.3, -0.25) is 0 Å². The van der Waals surface area contributed by atoms with E-state index in [2.05, 4.69) is 44.2 Å². The molecule has 0 saturated heterocycles. The number of ether oxygens (including phenoxy) is 1. The fourth-order valence-corrected chi connectivity index (χ4v) is 11.5. The van der Waals surface area contributed by atoms with Gasteiger partial charge in [-0.2, -0.15) is 0 Å². The Balaban J connectivity index is 1.13. The highest BCUT2D eigenvalue weighted by Gasteiger charge is 2.74. The molecule has 230 valence electrons. The molecule has 4 atom stereocenters. The zero-order chi connectivity index (χ0) is 29.6. The van der Waals surface area contributed by atoms with Crippen molar-refractivity contribution in [1.29, 1.82) is 0 Å². The van der Waals surface area contributed by atoms with Crippen LogP contribution < -0.4 is 4.74 Å². The third-order valence-corrected chi connectivity index (χ3v) is 14.1. The summed E-state index contributed by atoms with van der Waals surface area (Å²) in [5.74, 6) is 3.07. The zero-order valence-corrected chi connectivity index (χ0v) is 26.4. The molecular formula is C36H50O5S. The Morgan fingerprint density at radius 1 is 0.929 bits per heavy atom. The van der Waals surface area contributed by atoms with Crippen LogP contribution in [0.25, 0.3) is 0 Å². The summed E-state index contributed by atoms with van der Waals surface area (Å²) in [7, 11) is -2.92. The van der Waals surface area contributed by atoms with Gasteiger partial charge < -0.3 is 14.9 Å². The maximum atomic E-state index is 12.2. The van der Waals surface area contributed by atoms with Gasteiger partial charge in [0, 0.05) is 5.41 Å². The predicted octanol–water partition coefficient (Wildman–Crippen LogP) is 7.69. The van der Waals surface area contributed by atoms with Gasteiger partial charge in [0.05, 0.1) is 23.7 Å². The zero-order valence-electron chi connectivity index (χ0n) is 25.6. The van der Waals surface area contributed by atoms with Crippen molar-refractivity contribution in [1.82, 2.24) is 0 Å². The molecule has 2 bridgehead atoms. The Morgan fingerprint density at radius 3 is 2.36 bits per heavy atom. The molecule has 6 heteroatoms. The first-order valence-electron chi connectivity index (χ1n) is 16.6. The number of phenols is 1. The Morgan fingerprint density at radius 2 is 1.64 bits per heavy atom. The lowest BCUT2D eigenvalue weighted by molar-refractivity contribution is -0.108. The molecule has 3 fully saturated rings. The van der Waals surface area contributed by atoms with Crippen LogP contribution in [0.2, 0.25) is 0 Å². The number of hydrogen-bond donors (Lipinski definition) is 2. The van der Waals surface area contributed by atoms with E-state index in [0.29, 0.717) is 42.3 Å². The molecule has 3 saturated carbocycles. The molecule has 2 N–H and O–H groups in total. The first kappa shape index (κ1) is 30.0. The molecule has 0 spiro atoms. The molecule has 2 aromatic carbocycles. The minimum Gasteiger partial charge on any atom is -0.508 e. The highest BCUT2D eigenvalue weighted by molar-refractivity contribution is 7.91. The molecule has 5 nitrogen and oxygen atoms in total. The van der Waals surface area contributed by atoms with Crippen LogP contribution in [0.1, 0.15) is 119 Å². The molecule has 2 aromatic rings. The second-order valence-corrected chi connectivity index (χ2v) is 16.5. The molecule has 0 unspecified atom stereocenters. The van der Waals surface area contributed by atoms with Crippen LogP contribution in [-0.4, -0.2) is 42.3 Å². The lowest BCUT2D eigenvalue weighted by Crippen LogP contribution is -2.54. The number of fused-ring (bicyclic) bond motifs is 3. The number of hydrogen-bond acceptors (Lipinski definition) is 5. The van der Waals surface area contributed by atoms with Crippen molar-refractivity contribution in [2.45, 2.75) is 115 Å². The lowest BCUT2D eigenvalue weighted by Gasteiger charge is -2.59. The number of rotatable bonds is 12. The Hall–Kier alpha value is -2.05. The molecule has 0 aromatic heterocycles. The molecule has 4 aliphatic rings. The van der Waals surface area contributed by atoms with Crippen molar-refractivity contribution in [3.63, 3.8) is 0 Å². The molecule has 6 rings (SSSR count). The lowest BCUT2D eigenvalue weighted by atomic mass is 9.45. The summed E-state index contributed by atoms with van der Waals surface area (Å²) in [6, 6.07) is 14.7. The second kappa shape index (κ2) is 11.5. The van der Waals surface area contributed by atoms with E-state index in [4.69, 9.17) is 4.74 Å². The minimum absolute atomic E-state index is 0.0705. The van der Waals surface area contributed by atoms with Crippen LogP contribution >= 0.6 is 0 Å². The molecule has 4 aliphatic carbocycles. The van der Waals surface area contributed by atoms with Gasteiger partial charge in [0.25, 0.3) is 0 Å². The van der Waals surface area contributed by atoms with Crippen LogP contribution in [0.3, 0.4) is 0 Å². The summed E-state index contributed by atoms with van der Waals surface area (Å²) < 4.78 is 30.4. The van der Waals surface area contributed by atoms with Gasteiger partial charge in [0.2, 0.25) is 0 Å². The summed E-state index contributed by atoms with van der Waals surface area (Å²) in [5.41, 5.74) is 3.60. The number of sulfone groups is 1. The van der Waals surface area contributed by atoms with E-state index in [1.165, 1.54) is 16.7 Å². The number of aliphatic hydroxyl groups is 1. The van der Waals surface area contributed by atoms with Crippen LogP contribution in [0.15, 0.2) is 42.5 Å². The van der Waals surface area contributed by atoms with E-state index in [1.807, 2.05) is 12.1 Å². The quantitative estimate of drug-likeness (QED) is 0.246. The van der Waals surface area contributed by atoms with E-state index >= 15 is 0 Å². The third-order valence-electron chi connectivity index (χ3n) is 12.2. The highest BCUT2D eigenvalue weighted by atomic mass is 32.2. The van der Waals surface area contributed by atoms with Crippen LogP contribution in [-0.2, 0) is 16.3 Å². The predicted molar refractivity (Wildman–Crippen MR) is 168 cm³/mol. The SMILES string of the molecule is CCCCCS(=O)(=O)CCCCCOc1ccc([C@H]2C[C@]3(C)[C@]4(O)CC[C@@]3(CC4)[C@@H]3CCc4cc(O)ccc4[C@@H]23)cc1. The van der Waals surface area contributed by atoms with Gasteiger partial charge in [0.1, 0.15) is 21.3 Å². The molecule has 42 heavy (non-hydrogen) atoms. The van der Waals surface area contributed by atoms with Crippen LogP contribution in [0, 0.1) is 16.7 Å². The molecule has 0 radical (unpaired) electrons. The monoisotopic (exact) mass is 594 g/mol. The second-order valence-electron chi connectivity index (χ2n) is 14.2. The Bertz CT molecular complexity index is 1360. The topological polar surface area (TPSA) is 83.8 Å². The summed E-state index contributed by atoms with van der Waals surface area (Å²) in [5, 5.41) is 22.1. The summed E-state index contributed by atoms with van der Waals surface area (Å²) in [6.45, 7) is 5.08.